The van der Waals surface area contributed by atoms with Gasteiger partial charge >= 0.3 is 0 Å². The van der Waals surface area contributed by atoms with E-state index in [1.54, 1.807) is 0 Å². The quantitative estimate of drug-likeness (QED) is 0.514. The van der Waals surface area contributed by atoms with E-state index in [0.717, 1.165) is 0 Å². The van der Waals surface area contributed by atoms with Gasteiger partial charge in [-0.1, -0.05) is 54.6 Å². The number of nitrogens with one attached hydrogen (secondary N) is 1. The molecule has 1 atom stereocenters. The Morgan fingerprint density at radius 2 is 1.57 bits per heavy atom. The summed E-state index contributed by atoms with van der Waals surface area (Å²) in [6.45, 7) is 0. The van der Waals surface area contributed by atoms with Gasteiger partial charge in [0.1, 0.15) is 0 Å². The highest BCUT2D eigenvalue weighted by Gasteiger charge is 2.25. The number of benzene rings is 3. The van der Waals surface area contributed by atoms with Crippen LogP contribution in [0.5, 0.6) is 0 Å². The van der Waals surface area contributed by atoms with Crippen LogP contribution >= 0.6 is 0 Å². The van der Waals surface area contributed by atoms with Crippen molar-refractivity contribution in [2.45, 2.75) is 6.04 Å². The van der Waals surface area contributed by atoms with Crippen molar-refractivity contribution in [2.75, 3.05) is 5.32 Å². The van der Waals surface area contributed by atoms with Crippen LogP contribution in [0.2, 0.25) is 0 Å². The van der Waals surface area contributed by atoms with Crippen molar-refractivity contribution < 1.29 is 0 Å². The number of anilines is 1. The Morgan fingerprint density at radius 3 is 2.57 bits per heavy atom. The van der Waals surface area contributed by atoms with Gasteiger partial charge in [-0.05, 0) is 40.6 Å². The van der Waals surface area contributed by atoms with Crippen LogP contribution in [0.25, 0.3) is 16.5 Å². The second kappa shape index (κ2) is 4.75. The molecule has 1 unspecified atom stereocenters. The van der Waals surface area contributed by atoms with Gasteiger partial charge in [-0.25, -0.2) is 0 Å². The van der Waals surface area contributed by atoms with Gasteiger partial charge in [-0.2, -0.15) is 0 Å². The average Bonchev–Trinajstić information content (AvgIpc) is 3.11. The predicted octanol–water partition coefficient (Wildman–Crippen LogP) is 5.15. The first kappa shape index (κ1) is 12.5. The van der Waals surface area contributed by atoms with E-state index in [0.29, 0.717) is 0 Å². The summed E-state index contributed by atoms with van der Waals surface area (Å²) < 4.78 is 2.29. The maximum Gasteiger partial charge on any atom is 0.0930 e. The van der Waals surface area contributed by atoms with Crippen LogP contribution in [0.4, 0.5) is 5.69 Å². The summed E-state index contributed by atoms with van der Waals surface area (Å²) in [5.74, 6) is 0. The highest BCUT2D eigenvalue weighted by atomic mass is 15.1. The fraction of sp³-hybridized carbons (Fsp3) is 0.0476. The summed E-state index contributed by atoms with van der Waals surface area (Å²) in [5.41, 5.74) is 4.98. The molecule has 0 amide bonds. The summed E-state index contributed by atoms with van der Waals surface area (Å²) in [6.07, 6.45) is 2.15. The lowest BCUT2D eigenvalue weighted by molar-refractivity contribution is 0.815. The Kier molecular flexibility index (Phi) is 2.59. The van der Waals surface area contributed by atoms with Gasteiger partial charge in [0.2, 0.25) is 0 Å². The van der Waals surface area contributed by atoms with Crippen molar-refractivity contribution in [1.29, 1.82) is 0 Å². The molecule has 2 nitrogen and oxygen atoms in total. The minimum atomic E-state index is 0.158. The molecule has 5 rings (SSSR count). The van der Waals surface area contributed by atoms with Crippen LogP contribution in [-0.4, -0.2) is 4.57 Å². The second-order valence-corrected chi connectivity index (χ2v) is 5.97. The van der Waals surface area contributed by atoms with E-state index in [4.69, 9.17) is 0 Å². The molecular weight excluding hydrogens is 280 g/mol. The molecular formula is C21H16N2. The number of hydrogen-bond acceptors (Lipinski definition) is 1. The SMILES string of the molecule is c1ccc2c(c1)NC(c1cccc3ccccc13)c1cccn1-2. The molecule has 0 saturated heterocycles. The summed E-state index contributed by atoms with van der Waals surface area (Å²) in [6, 6.07) is 28.1. The molecule has 0 saturated carbocycles. The number of aromatic nitrogens is 1. The summed E-state index contributed by atoms with van der Waals surface area (Å²) in [4.78, 5) is 0. The average molecular weight is 296 g/mol. The smallest absolute Gasteiger partial charge is 0.0930 e. The van der Waals surface area contributed by atoms with E-state index in [1.807, 2.05) is 0 Å². The summed E-state index contributed by atoms with van der Waals surface area (Å²) >= 11 is 0. The minimum Gasteiger partial charge on any atom is -0.371 e. The minimum absolute atomic E-state index is 0.158. The Morgan fingerprint density at radius 1 is 0.739 bits per heavy atom. The number of fused-ring (bicyclic) bond motifs is 4. The van der Waals surface area contributed by atoms with Crippen LogP contribution in [-0.2, 0) is 0 Å². The van der Waals surface area contributed by atoms with Crippen LogP contribution < -0.4 is 5.32 Å². The van der Waals surface area contributed by atoms with E-state index >= 15 is 0 Å². The number of hydrogen-bond donors (Lipinski definition) is 1. The fourth-order valence-electron chi connectivity index (χ4n) is 3.62. The van der Waals surface area contributed by atoms with E-state index in [9.17, 15) is 0 Å². The Hall–Kier alpha value is -3.00. The highest BCUT2D eigenvalue weighted by Crippen LogP contribution is 2.38. The molecule has 0 bridgehead atoms. The Balaban J connectivity index is 1.76. The first-order valence-electron chi connectivity index (χ1n) is 7.93. The van der Waals surface area contributed by atoms with Crippen molar-refractivity contribution >= 4 is 16.5 Å². The molecule has 0 aliphatic carbocycles. The molecule has 23 heavy (non-hydrogen) atoms. The van der Waals surface area contributed by atoms with E-state index in [2.05, 4.69) is 94.9 Å². The first-order chi connectivity index (χ1) is 11.4. The number of nitrogens with zero attached hydrogens (tertiary/aromatic N) is 1. The topological polar surface area (TPSA) is 17.0 Å². The van der Waals surface area contributed by atoms with Gasteiger partial charge in [0.25, 0.3) is 0 Å². The van der Waals surface area contributed by atoms with Crippen molar-refractivity contribution in [3.63, 3.8) is 0 Å². The lowest BCUT2D eigenvalue weighted by Gasteiger charge is -2.30. The molecule has 4 aromatic rings. The third-order valence-electron chi connectivity index (χ3n) is 4.67. The maximum absolute atomic E-state index is 3.73. The second-order valence-electron chi connectivity index (χ2n) is 5.97. The zero-order valence-electron chi connectivity index (χ0n) is 12.6. The molecule has 110 valence electrons. The van der Waals surface area contributed by atoms with Crippen molar-refractivity contribution in [2.24, 2.45) is 0 Å². The van der Waals surface area contributed by atoms with E-state index < -0.39 is 0 Å². The Labute approximate surface area is 135 Å². The Bertz CT molecular complexity index is 1010. The van der Waals surface area contributed by atoms with Gasteiger partial charge in [-0.3, -0.25) is 0 Å². The molecule has 1 aliphatic heterocycles. The maximum atomic E-state index is 3.73. The number of rotatable bonds is 1. The molecule has 3 aromatic carbocycles. The first-order valence-corrected chi connectivity index (χ1v) is 7.93. The fourth-order valence-corrected chi connectivity index (χ4v) is 3.62. The molecule has 0 radical (unpaired) electrons. The van der Waals surface area contributed by atoms with Gasteiger partial charge in [0.15, 0.2) is 0 Å². The van der Waals surface area contributed by atoms with Gasteiger partial charge < -0.3 is 9.88 Å². The largest absolute Gasteiger partial charge is 0.371 e. The van der Waals surface area contributed by atoms with Crippen molar-refractivity contribution in [3.05, 3.63) is 96.3 Å². The van der Waals surface area contributed by atoms with E-state index in [1.165, 1.54) is 33.4 Å². The summed E-state index contributed by atoms with van der Waals surface area (Å²) in [7, 11) is 0. The monoisotopic (exact) mass is 296 g/mol. The lowest BCUT2D eigenvalue weighted by atomic mass is 9.95. The van der Waals surface area contributed by atoms with Crippen molar-refractivity contribution in [3.8, 4) is 5.69 Å². The van der Waals surface area contributed by atoms with Crippen LogP contribution in [0.15, 0.2) is 85.1 Å². The molecule has 0 spiro atoms. The normalized spacial score (nSPS) is 15.7. The predicted molar refractivity (Wildman–Crippen MR) is 95.2 cm³/mol. The molecule has 2 heterocycles. The number of para-hydroxylation sites is 2. The zero-order valence-corrected chi connectivity index (χ0v) is 12.6. The van der Waals surface area contributed by atoms with Gasteiger partial charge in [0, 0.05) is 11.9 Å². The van der Waals surface area contributed by atoms with Gasteiger partial charge in [0.05, 0.1) is 17.4 Å². The molecule has 2 heteroatoms. The molecule has 1 N–H and O–H groups in total. The van der Waals surface area contributed by atoms with Crippen LogP contribution in [0, 0.1) is 0 Å². The van der Waals surface area contributed by atoms with E-state index in [-0.39, 0.29) is 6.04 Å². The van der Waals surface area contributed by atoms with Crippen LogP contribution in [0.3, 0.4) is 0 Å². The molecule has 0 fully saturated rings. The standard InChI is InChI=1S/C21H16N2/c1-2-9-16-15(7-1)8-5-10-17(16)21-20-13-6-14-23(20)19-12-4-3-11-18(19)22-21/h1-14,21-22H. The highest BCUT2D eigenvalue weighted by molar-refractivity contribution is 5.87. The zero-order chi connectivity index (χ0) is 15.2. The molecule has 1 aromatic heterocycles. The summed E-state index contributed by atoms with van der Waals surface area (Å²) in [5, 5.41) is 6.31. The van der Waals surface area contributed by atoms with Crippen LogP contribution in [0.1, 0.15) is 17.3 Å². The molecule has 1 aliphatic rings. The van der Waals surface area contributed by atoms with Crippen molar-refractivity contribution in [1.82, 2.24) is 4.57 Å². The lowest BCUT2D eigenvalue weighted by Crippen LogP contribution is -2.22. The third-order valence-corrected chi connectivity index (χ3v) is 4.67. The van der Waals surface area contributed by atoms with Gasteiger partial charge in [-0.15, -0.1) is 0 Å². The third kappa shape index (κ3) is 1.82.